The monoisotopic (exact) mass is 693 g/mol. The molecule has 0 aliphatic rings. The fourth-order valence-electron chi connectivity index (χ4n) is 8.18. The Morgan fingerprint density at radius 3 is 1.66 bits per heavy atom. The van der Waals surface area contributed by atoms with E-state index in [9.17, 15) is 0 Å². The maximum Gasteiger partial charge on any atom is 0.0702 e. The molecule has 0 fully saturated rings. The smallest absolute Gasteiger partial charge is 0.0702 e. The molecule has 0 aliphatic heterocycles. The number of thiophene rings is 1. The molecule has 53 heavy (non-hydrogen) atoms. The Balaban J connectivity index is 0.00000172. The molecule has 0 unspecified atom stereocenters. The Kier molecular flexibility index (Phi) is 7.52. The Morgan fingerprint density at radius 2 is 0.943 bits per heavy atom. The maximum atomic E-state index is 4.72. The number of aromatic nitrogens is 1. The first-order valence-corrected chi connectivity index (χ1v) is 19.3. The summed E-state index contributed by atoms with van der Waals surface area (Å²) in [6.45, 7) is 4.00. The van der Waals surface area contributed by atoms with Crippen molar-refractivity contribution in [2.24, 2.45) is 0 Å². The largest absolute Gasteiger partial charge is 0.256 e. The van der Waals surface area contributed by atoms with E-state index in [2.05, 4.69) is 164 Å². The van der Waals surface area contributed by atoms with Gasteiger partial charge in [0.1, 0.15) is 0 Å². The molecule has 0 spiro atoms. The number of fused-ring (bicyclic) bond motifs is 4. The van der Waals surface area contributed by atoms with Crippen molar-refractivity contribution in [1.29, 1.82) is 0 Å². The van der Waals surface area contributed by atoms with Crippen LogP contribution < -0.4 is 0 Å². The third-order valence-corrected chi connectivity index (χ3v) is 11.9. The minimum atomic E-state index is 1.02. The van der Waals surface area contributed by atoms with Gasteiger partial charge in [0.2, 0.25) is 0 Å². The van der Waals surface area contributed by atoms with Gasteiger partial charge in [0.05, 0.1) is 5.52 Å². The van der Waals surface area contributed by atoms with E-state index in [0.29, 0.717) is 0 Å². The molecule has 11 aromatic rings. The summed E-state index contributed by atoms with van der Waals surface area (Å²) in [5.74, 6) is 0. The van der Waals surface area contributed by atoms with E-state index in [1.807, 2.05) is 37.4 Å². The molecule has 250 valence electrons. The van der Waals surface area contributed by atoms with Gasteiger partial charge in [-0.3, -0.25) is 4.98 Å². The van der Waals surface area contributed by atoms with E-state index in [1.165, 1.54) is 91.4 Å². The van der Waals surface area contributed by atoms with Crippen LogP contribution in [0.3, 0.4) is 0 Å². The van der Waals surface area contributed by atoms with Gasteiger partial charge in [-0.05, 0) is 95.5 Å². The van der Waals surface area contributed by atoms with Gasteiger partial charge < -0.3 is 0 Å². The van der Waals surface area contributed by atoms with Gasteiger partial charge in [0, 0.05) is 37.3 Å². The molecule has 2 aromatic heterocycles. The lowest BCUT2D eigenvalue weighted by Crippen LogP contribution is -1.91. The molecule has 0 N–H and O–H groups in total. The highest BCUT2D eigenvalue weighted by Crippen LogP contribution is 2.45. The number of rotatable bonds is 4. The van der Waals surface area contributed by atoms with Gasteiger partial charge in [0.15, 0.2) is 0 Å². The summed E-state index contributed by atoms with van der Waals surface area (Å²) in [7, 11) is 0. The average molecular weight is 694 g/mol. The molecule has 0 amide bonds. The highest BCUT2D eigenvalue weighted by molar-refractivity contribution is 7.26. The Morgan fingerprint density at radius 1 is 0.377 bits per heavy atom. The van der Waals surface area contributed by atoms with Crippen LogP contribution in [0.15, 0.2) is 176 Å². The molecular weight excluding hydrogens is 659 g/mol. The minimum absolute atomic E-state index is 1.02. The fourth-order valence-corrected chi connectivity index (χ4v) is 9.42. The SMILES string of the molecule is CC.c1ccc2ncc(-c3ccc(-c4cc(-c5ccc(-c6cccc7c6sc6ccccc67)cc5)c5ccc6cccc7ccc4c5c76)cc3)cc2c1. The van der Waals surface area contributed by atoms with Crippen LogP contribution >= 0.6 is 11.3 Å². The molecule has 0 atom stereocenters. The van der Waals surface area contributed by atoms with Crippen LogP contribution in [0.1, 0.15) is 13.8 Å². The molecule has 2 heterocycles. The van der Waals surface area contributed by atoms with E-state index < -0.39 is 0 Å². The molecule has 0 radical (unpaired) electrons. The van der Waals surface area contributed by atoms with Crippen LogP contribution in [0.4, 0.5) is 0 Å². The summed E-state index contributed by atoms with van der Waals surface area (Å²) in [5, 5.41) is 11.6. The van der Waals surface area contributed by atoms with E-state index in [1.54, 1.807) is 0 Å². The predicted octanol–water partition coefficient (Wildman–Crippen LogP) is 15.2. The van der Waals surface area contributed by atoms with Crippen molar-refractivity contribution in [3.05, 3.63) is 176 Å². The highest BCUT2D eigenvalue weighted by Gasteiger charge is 2.17. The maximum absolute atomic E-state index is 4.72. The fraction of sp³-hybridized carbons (Fsp3) is 0.0392. The molecule has 0 saturated heterocycles. The zero-order valence-electron chi connectivity index (χ0n) is 29.6. The van der Waals surface area contributed by atoms with E-state index in [4.69, 9.17) is 4.98 Å². The van der Waals surface area contributed by atoms with Gasteiger partial charge in [-0.25, -0.2) is 0 Å². The van der Waals surface area contributed by atoms with Crippen molar-refractivity contribution < 1.29 is 0 Å². The molecule has 0 bridgehead atoms. The van der Waals surface area contributed by atoms with E-state index in [-0.39, 0.29) is 0 Å². The van der Waals surface area contributed by atoms with Crippen LogP contribution in [0, 0.1) is 0 Å². The summed E-state index contributed by atoms with van der Waals surface area (Å²) in [6.07, 6.45) is 1.98. The Bertz CT molecular complexity index is 3100. The zero-order chi connectivity index (χ0) is 35.5. The lowest BCUT2D eigenvalue weighted by molar-refractivity contribution is 1.41. The van der Waals surface area contributed by atoms with Crippen molar-refractivity contribution in [2.45, 2.75) is 13.8 Å². The first-order valence-electron chi connectivity index (χ1n) is 18.4. The topological polar surface area (TPSA) is 12.9 Å². The number of benzene rings is 9. The van der Waals surface area contributed by atoms with Gasteiger partial charge in [0.25, 0.3) is 0 Å². The first-order chi connectivity index (χ1) is 26.3. The number of para-hydroxylation sites is 1. The predicted molar refractivity (Wildman–Crippen MR) is 231 cm³/mol. The first kappa shape index (κ1) is 31.4. The zero-order valence-corrected chi connectivity index (χ0v) is 30.4. The second-order valence-electron chi connectivity index (χ2n) is 13.5. The van der Waals surface area contributed by atoms with Crippen LogP contribution in [-0.2, 0) is 0 Å². The van der Waals surface area contributed by atoms with Crippen molar-refractivity contribution in [3.63, 3.8) is 0 Å². The third kappa shape index (κ3) is 5.10. The molecule has 0 aliphatic carbocycles. The van der Waals surface area contributed by atoms with Crippen molar-refractivity contribution in [1.82, 2.24) is 4.98 Å². The minimum Gasteiger partial charge on any atom is -0.256 e. The van der Waals surface area contributed by atoms with Gasteiger partial charge in [-0.2, -0.15) is 0 Å². The summed E-state index contributed by atoms with van der Waals surface area (Å²) < 4.78 is 2.68. The lowest BCUT2D eigenvalue weighted by Gasteiger charge is -2.18. The van der Waals surface area contributed by atoms with Gasteiger partial charge in [-0.1, -0.05) is 159 Å². The van der Waals surface area contributed by atoms with Crippen LogP contribution in [0.5, 0.6) is 0 Å². The van der Waals surface area contributed by atoms with Crippen LogP contribution in [-0.4, -0.2) is 4.98 Å². The van der Waals surface area contributed by atoms with Crippen molar-refractivity contribution in [3.8, 4) is 44.5 Å². The average Bonchev–Trinajstić information content (AvgIpc) is 3.62. The van der Waals surface area contributed by atoms with E-state index in [0.717, 1.165) is 16.5 Å². The molecule has 11 rings (SSSR count). The summed E-state index contributed by atoms with van der Waals surface area (Å²) in [5.41, 5.74) is 10.8. The lowest BCUT2D eigenvalue weighted by atomic mass is 9.85. The van der Waals surface area contributed by atoms with Crippen molar-refractivity contribution >= 4 is 74.7 Å². The number of hydrogen-bond donors (Lipinski definition) is 0. The van der Waals surface area contributed by atoms with Crippen molar-refractivity contribution in [2.75, 3.05) is 0 Å². The molecule has 9 aromatic carbocycles. The van der Waals surface area contributed by atoms with E-state index >= 15 is 0 Å². The Labute approximate surface area is 312 Å². The normalized spacial score (nSPS) is 11.6. The number of hydrogen-bond acceptors (Lipinski definition) is 2. The quantitative estimate of drug-likeness (QED) is 0.167. The second kappa shape index (κ2) is 12.7. The number of nitrogens with zero attached hydrogens (tertiary/aromatic N) is 1. The second-order valence-corrected chi connectivity index (χ2v) is 14.6. The van der Waals surface area contributed by atoms with Gasteiger partial charge >= 0.3 is 0 Å². The van der Waals surface area contributed by atoms with Crippen LogP contribution in [0.2, 0.25) is 0 Å². The molecule has 1 nitrogen and oxygen atoms in total. The molecular formula is C51H35NS. The highest BCUT2D eigenvalue weighted by atomic mass is 32.1. The standard InChI is InChI=1S/C49H29NS.C2H6/c1-3-13-45-36(7-1)27-37(29-50-45)30-15-17-32(18-16-30)43-28-44(41-26-24-35-9-5-8-34-23-25-40(43)48(41)47(34)35)33-21-19-31(20-22-33)38-11-6-12-42-39-10-2-4-14-46(39)51-49(38)42;1-2/h1-29H;1-2H3. The van der Waals surface area contributed by atoms with Gasteiger partial charge in [-0.15, -0.1) is 11.3 Å². The summed E-state index contributed by atoms with van der Waals surface area (Å²) >= 11 is 1.89. The van der Waals surface area contributed by atoms with Crippen LogP contribution in [0.25, 0.3) is 108 Å². The summed E-state index contributed by atoms with van der Waals surface area (Å²) in [4.78, 5) is 4.72. The number of pyridine rings is 1. The third-order valence-electron chi connectivity index (χ3n) is 10.7. The molecule has 2 heteroatoms. The molecule has 0 saturated carbocycles. The Hall–Kier alpha value is -6.35. The summed E-state index contributed by atoms with van der Waals surface area (Å²) in [6, 6.07) is 62.5.